The second-order valence-electron chi connectivity index (χ2n) is 10.8. The van der Waals surface area contributed by atoms with Crippen molar-refractivity contribution < 1.29 is 0 Å². The third kappa shape index (κ3) is 6.21. The van der Waals surface area contributed by atoms with Gasteiger partial charge in [-0.2, -0.15) is 0 Å². The first-order chi connectivity index (χ1) is 16.3. The Morgan fingerprint density at radius 1 is 0.912 bits per heavy atom. The molecule has 1 saturated carbocycles. The molecule has 1 heterocycles. The third-order valence-electron chi connectivity index (χ3n) is 7.49. The van der Waals surface area contributed by atoms with Crippen molar-refractivity contribution >= 4 is 23.1 Å². The fourth-order valence-electron chi connectivity index (χ4n) is 5.52. The molecule has 2 aromatic carbocycles. The van der Waals surface area contributed by atoms with Crippen LogP contribution in [-0.2, 0) is 25.8 Å². The normalized spacial score (nSPS) is 18.5. The number of hydrogen-bond donors (Lipinski definition) is 1. The molecule has 0 bridgehead atoms. The molecule has 34 heavy (non-hydrogen) atoms. The molecule has 0 radical (unpaired) electrons. The maximum Gasteiger partial charge on any atom is 0.108 e. The van der Waals surface area contributed by atoms with Gasteiger partial charge in [0.15, 0.2) is 0 Å². The van der Waals surface area contributed by atoms with E-state index in [4.69, 9.17) is 16.6 Å². The van der Waals surface area contributed by atoms with Gasteiger partial charge in [-0.1, -0.05) is 49.1 Å². The van der Waals surface area contributed by atoms with Gasteiger partial charge in [-0.3, -0.25) is 4.99 Å². The fourth-order valence-corrected chi connectivity index (χ4v) is 5.73. The van der Waals surface area contributed by atoms with Gasteiger partial charge in [0.2, 0.25) is 0 Å². The summed E-state index contributed by atoms with van der Waals surface area (Å²) < 4.78 is 0. The number of fused-ring (bicyclic) bond motifs is 1. The average molecular weight is 481 g/mol. The van der Waals surface area contributed by atoms with Crippen LogP contribution in [-0.4, -0.2) is 56.9 Å². The first kappa shape index (κ1) is 25.2. The van der Waals surface area contributed by atoms with Crippen LogP contribution in [0.5, 0.6) is 0 Å². The highest BCUT2D eigenvalue weighted by Crippen LogP contribution is 2.45. The van der Waals surface area contributed by atoms with Gasteiger partial charge in [-0.25, -0.2) is 0 Å². The summed E-state index contributed by atoms with van der Waals surface area (Å²) in [5.74, 6) is 1.19. The van der Waals surface area contributed by atoms with Crippen molar-refractivity contribution in [3.05, 3.63) is 63.7 Å². The number of rotatable bonds is 8. The van der Waals surface area contributed by atoms with Crippen LogP contribution in [0.2, 0.25) is 5.02 Å². The number of amidine groups is 1. The molecule has 4 nitrogen and oxygen atoms in total. The van der Waals surface area contributed by atoms with Crippen molar-refractivity contribution in [2.45, 2.75) is 57.9 Å². The van der Waals surface area contributed by atoms with Gasteiger partial charge in [0.05, 0.1) is 6.54 Å². The van der Waals surface area contributed by atoms with Gasteiger partial charge < -0.3 is 15.1 Å². The van der Waals surface area contributed by atoms with Crippen molar-refractivity contribution in [3.63, 3.8) is 0 Å². The summed E-state index contributed by atoms with van der Waals surface area (Å²) in [4.78, 5) is 9.75. The van der Waals surface area contributed by atoms with E-state index in [0.29, 0.717) is 6.54 Å². The van der Waals surface area contributed by atoms with E-state index in [1.165, 1.54) is 65.9 Å². The molecule has 5 heteroatoms. The first-order valence-electron chi connectivity index (χ1n) is 12.9. The number of hydrogen-bond acceptors (Lipinski definition) is 3. The van der Waals surface area contributed by atoms with Crippen LogP contribution >= 0.6 is 11.6 Å². The number of anilines is 1. The maximum atomic E-state index is 6.23. The van der Waals surface area contributed by atoms with Crippen molar-refractivity contribution in [3.8, 4) is 0 Å². The van der Waals surface area contributed by atoms with Crippen LogP contribution in [0.15, 0.2) is 41.4 Å². The SMILES string of the molecule is CN(C)CCc1cc2c(cc1CCN(C)C)NC(=NCc1cccc(Cl)c1)C1(CCCCC1)C2. The minimum atomic E-state index is 0.147. The molecule has 184 valence electrons. The second-order valence-corrected chi connectivity index (χ2v) is 11.3. The van der Waals surface area contributed by atoms with Crippen molar-refractivity contribution in [1.82, 2.24) is 9.80 Å². The van der Waals surface area contributed by atoms with E-state index in [1.54, 1.807) is 0 Å². The molecule has 0 aromatic heterocycles. The summed E-state index contributed by atoms with van der Waals surface area (Å²) in [6.07, 6.45) is 9.66. The summed E-state index contributed by atoms with van der Waals surface area (Å²) >= 11 is 6.23. The standard InChI is InChI=1S/C29H41ClN4/c1-33(2)15-11-23-18-25-20-29(13-6-5-7-14-29)28(31-21-22-9-8-10-26(30)17-22)32-27(25)19-24(23)12-16-34(3)4/h8-10,17-19H,5-7,11-16,20-21H2,1-4H3,(H,31,32). The molecule has 1 N–H and O–H groups in total. The number of nitrogens with zero attached hydrogens (tertiary/aromatic N) is 3. The number of halogens is 1. The minimum absolute atomic E-state index is 0.147. The molecular formula is C29H41ClN4. The summed E-state index contributed by atoms with van der Waals surface area (Å²) in [6, 6.07) is 13.0. The predicted octanol–water partition coefficient (Wildman–Crippen LogP) is 6.07. The van der Waals surface area contributed by atoms with Crippen LogP contribution in [0.25, 0.3) is 0 Å². The van der Waals surface area contributed by atoms with Crippen LogP contribution in [0.4, 0.5) is 5.69 Å². The van der Waals surface area contributed by atoms with E-state index in [2.05, 4.69) is 61.5 Å². The first-order valence-corrected chi connectivity index (χ1v) is 13.2. The fraction of sp³-hybridized carbons (Fsp3) is 0.552. The van der Waals surface area contributed by atoms with E-state index in [1.807, 2.05) is 18.2 Å². The summed E-state index contributed by atoms with van der Waals surface area (Å²) in [5.41, 5.74) is 7.05. The molecule has 0 saturated heterocycles. The van der Waals surface area contributed by atoms with Crippen molar-refractivity contribution in [2.24, 2.45) is 10.4 Å². The highest BCUT2D eigenvalue weighted by atomic mass is 35.5. The predicted molar refractivity (Wildman–Crippen MR) is 146 cm³/mol. The maximum absolute atomic E-state index is 6.23. The number of benzene rings is 2. The van der Waals surface area contributed by atoms with Crippen LogP contribution in [0.3, 0.4) is 0 Å². The molecule has 1 aliphatic heterocycles. The van der Waals surface area contributed by atoms with E-state index in [9.17, 15) is 0 Å². The lowest BCUT2D eigenvalue weighted by Gasteiger charge is -2.43. The van der Waals surface area contributed by atoms with E-state index in [-0.39, 0.29) is 5.41 Å². The molecule has 0 amide bonds. The molecule has 1 spiro atoms. The van der Waals surface area contributed by atoms with Gasteiger partial charge in [-0.15, -0.1) is 0 Å². The number of aliphatic imine (C=N–C) groups is 1. The Bertz CT molecular complexity index is 1010. The largest absolute Gasteiger partial charge is 0.343 e. The second kappa shape index (κ2) is 11.2. The van der Waals surface area contributed by atoms with Crippen LogP contribution in [0.1, 0.15) is 54.4 Å². The molecule has 4 rings (SSSR count). The lowest BCUT2D eigenvalue weighted by atomic mass is 9.67. The third-order valence-corrected chi connectivity index (χ3v) is 7.72. The Morgan fingerprint density at radius 3 is 2.24 bits per heavy atom. The number of likely N-dealkylation sites (N-methyl/N-ethyl adjacent to an activating group) is 2. The van der Waals surface area contributed by atoms with E-state index in [0.717, 1.165) is 37.4 Å². The number of nitrogens with one attached hydrogen (secondary N) is 1. The lowest BCUT2D eigenvalue weighted by Crippen LogP contribution is -2.43. The quantitative estimate of drug-likeness (QED) is 0.497. The monoisotopic (exact) mass is 480 g/mol. The molecular weight excluding hydrogens is 440 g/mol. The Kier molecular flexibility index (Phi) is 8.34. The zero-order valence-electron chi connectivity index (χ0n) is 21.5. The van der Waals surface area contributed by atoms with E-state index < -0.39 is 0 Å². The molecule has 0 atom stereocenters. The van der Waals surface area contributed by atoms with Gasteiger partial charge in [-0.05, 0) is 101 Å². The Hall–Kier alpha value is -1.88. The molecule has 1 fully saturated rings. The minimum Gasteiger partial charge on any atom is -0.343 e. The molecule has 1 aliphatic carbocycles. The van der Waals surface area contributed by atoms with Gasteiger partial charge >= 0.3 is 0 Å². The Morgan fingerprint density at radius 2 is 1.59 bits per heavy atom. The molecule has 2 aromatic rings. The topological polar surface area (TPSA) is 30.9 Å². The lowest BCUT2D eigenvalue weighted by molar-refractivity contribution is 0.278. The zero-order chi connectivity index (χ0) is 24.1. The van der Waals surface area contributed by atoms with Crippen molar-refractivity contribution in [1.29, 1.82) is 0 Å². The van der Waals surface area contributed by atoms with Gasteiger partial charge in [0, 0.05) is 29.2 Å². The van der Waals surface area contributed by atoms with Gasteiger partial charge in [0.1, 0.15) is 5.84 Å². The summed E-state index contributed by atoms with van der Waals surface area (Å²) in [5, 5.41) is 4.64. The van der Waals surface area contributed by atoms with Crippen LogP contribution in [0, 0.1) is 5.41 Å². The molecule has 0 unspecified atom stereocenters. The smallest absolute Gasteiger partial charge is 0.108 e. The highest BCUT2D eigenvalue weighted by molar-refractivity contribution is 6.30. The average Bonchev–Trinajstić information content (AvgIpc) is 2.80. The van der Waals surface area contributed by atoms with Crippen LogP contribution < -0.4 is 5.32 Å². The summed E-state index contributed by atoms with van der Waals surface area (Å²) in [6.45, 7) is 2.82. The Balaban J connectivity index is 1.67. The highest BCUT2D eigenvalue weighted by Gasteiger charge is 2.41. The Labute approximate surface area is 211 Å². The van der Waals surface area contributed by atoms with Gasteiger partial charge in [0.25, 0.3) is 0 Å². The zero-order valence-corrected chi connectivity index (χ0v) is 22.2. The van der Waals surface area contributed by atoms with Crippen molar-refractivity contribution in [2.75, 3.05) is 46.6 Å². The summed E-state index contributed by atoms with van der Waals surface area (Å²) in [7, 11) is 8.64. The van der Waals surface area contributed by atoms with E-state index >= 15 is 0 Å². The molecule has 2 aliphatic rings.